The summed E-state index contributed by atoms with van der Waals surface area (Å²) in [6.07, 6.45) is 2.37. The molecule has 1 saturated heterocycles. The first-order valence-corrected chi connectivity index (χ1v) is 7.92. The van der Waals surface area contributed by atoms with Crippen molar-refractivity contribution in [1.82, 2.24) is 15.1 Å². The zero-order valence-electron chi connectivity index (χ0n) is 13.4. The van der Waals surface area contributed by atoms with Gasteiger partial charge in [-0.25, -0.2) is 0 Å². The molecule has 0 atom stereocenters. The molecular formula is C15H31N3O2. The van der Waals surface area contributed by atoms with Crippen LogP contribution in [-0.4, -0.2) is 75.2 Å². The molecule has 1 rings (SSSR count). The molecule has 20 heavy (non-hydrogen) atoms. The van der Waals surface area contributed by atoms with Gasteiger partial charge in [0.15, 0.2) is 0 Å². The second-order valence-electron chi connectivity index (χ2n) is 5.64. The Kier molecular flexibility index (Phi) is 8.82. The van der Waals surface area contributed by atoms with Crippen molar-refractivity contribution in [3.8, 4) is 0 Å². The second-order valence-corrected chi connectivity index (χ2v) is 5.64. The first-order valence-electron chi connectivity index (χ1n) is 7.92. The minimum absolute atomic E-state index is 0.0892. The maximum Gasteiger partial charge on any atom is 0.320 e. The second kappa shape index (κ2) is 10.1. The van der Waals surface area contributed by atoms with Gasteiger partial charge in [0.05, 0.1) is 13.2 Å². The Hall–Kier alpha value is -0.650. The highest BCUT2D eigenvalue weighted by molar-refractivity contribution is 5.71. The first-order chi connectivity index (χ1) is 9.65. The third-order valence-electron chi connectivity index (χ3n) is 3.86. The summed E-state index contributed by atoms with van der Waals surface area (Å²) < 4.78 is 5.00. The van der Waals surface area contributed by atoms with Crippen LogP contribution in [-0.2, 0) is 9.53 Å². The summed E-state index contributed by atoms with van der Waals surface area (Å²) in [5, 5.41) is 3.36. The predicted octanol–water partition coefficient (Wildman–Crippen LogP) is 0.803. The van der Waals surface area contributed by atoms with E-state index in [1.165, 1.54) is 19.4 Å². The highest BCUT2D eigenvalue weighted by atomic mass is 16.5. The van der Waals surface area contributed by atoms with E-state index < -0.39 is 0 Å². The summed E-state index contributed by atoms with van der Waals surface area (Å²) >= 11 is 0. The molecule has 0 saturated carbocycles. The maximum absolute atomic E-state index is 11.4. The van der Waals surface area contributed by atoms with Crippen LogP contribution in [0.4, 0.5) is 0 Å². The molecule has 0 bridgehead atoms. The fourth-order valence-electron chi connectivity index (χ4n) is 2.70. The molecule has 0 unspecified atom stereocenters. The average molecular weight is 285 g/mol. The molecule has 0 spiro atoms. The lowest BCUT2D eigenvalue weighted by Crippen LogP contribution is -2.41. The molecular weight excluding hydrogens is 254 g/mol. The monoisotopic (exact) mass is 285 g/mol. The normalized spacial score (nSPS) is 17.6. The van der Waals surface area contributed by atoms with E-state index in [9.17, 15) is 4.79 Å². The quantitative estimate of drug-likeness (QED) is 0.501. The summed E-state index contributed by atoms with van der Waals surface area (Å²) in [6, 6.07) is 0. The molecule has 1 fully saturated rings. The van der Waals surface area contributed by atoms with Gasteiger partial charge in [0.25, 0.3) is 0 Å². The zero-order valence-corrected chi connectivity index (χ0v) is 13.4. The zero-order chi connectivity index (χ0) is 14.8. The minimum Gasteiger partial charge on any atom is -0.465 e. The van der Waals surface area contributed by atoms with Crippen molar-refractivity contribution in [2.45, 2.75) is 26.7 Å². The van der Waals surface area contributed by atoms with E-state index in [-0.39, 0.29) is 5.97 Å². The summed E-state index contributed by atoms with van der Waals surface area (Å²) in [6.45, 7) is 11.3. The van der Waals surface area contributed by atoms with Gasteiger partial charge >= 0.3 is 5.97 Å². The van der Waals surface area contributed by atoms with Gasteiger partial charge in [-0.1, -0.05) is 6.92 Å². The van der Waals surface area contributed by atoms with Gasteiger partial charge in [-0.3, -0.25) is 9.69 Å². The topological polar surface area (TPSA) is 44.8 Å². The third-order valence-corrected chi connectivity index (χ3v) is 3.86. The van der Waals surface area contributed by atoms with Gasteiger partial charge in [0.2, 0.25) is 0 Å². The highest BCUT2D eigenvalue weighted by Crippen LogP contribution is 2.17. The van der Waals surface area contributed by atoms with Gasteiger partial charge in [0.1, 0.15) is 0 Å². The van der Waals surface area contributed by atoms with Crippen molar-refractivity contribution in [2.24, 2.45) is 5.92 Å². The molecule has 1 aliphatic heterocycles. The van der Waals surface area contributed by atoms with Crippen molar-refractivity contribution >= 4 is 5.97 Å². The summed E-state index contributed by atoms with van der Waals surface area (Å²) in [4.78, 5) is 16.1. The molecule has 1 N–H and O–H groups in total. The molecule has 5 heteroatoms. The van der Waals surface area contributed by atoms with Gasteiger partial charge in [-0.15, -0.1) is 0 Å². The Morgan fingerprint density at radius 3 is 2.65 bits per heavy atom. The van der Waals surface area contributed by atoms with Gasteiger partial charge in [-0.2, -0.15) is 0 Å². The Morgan fingerprint density at radius 1 is 1.35 bits per heavy atom. The van der Waals surface area contributed by atoms with Crippen LogP contribution >= 0.6 is 0 Å². The molecule has 0 amide bonds. The first kappa shape index (κ1) is 17.4. The average Bonchev–Trinajstić information content (AvgIpc) is 2.41. The lowest BCUT2D eigenvalue weighted by molar-refractivity contribution is -0.144. The number of rotatable bonds is 9. The SMILES string of the molecule is CCNCCN(C)CC1CCN(CC(=O)OCC)CC1. The Labute approximate surface area is 123 Å². The number of likely N-dealkylation sites (N-methyl/N-ethyl adjacent to an activating group) is 2. The molecule has 118 valence electrons. The highest BCUT2D eigenvalue weighted by Gasteiger charge is 2.21. The van der Waals surface area contributed by atoms with Crippen LogP contribution in [0.25, 0.3) is 0 Å². The molecule has 1 heterocycles. The van der Waals surface area contributed by atoms with Crippen LogP contribution in [0.3, 0.4) is 0 Å². The summed E-state index contributed by atoms with van der Waals surface area (Å²) in [7, 11) is 2.20. The number of likely N-dealkylation sites (tertiary alicyclic amines) is 1. The molecule has 0 aromatic heterocycles. The number of esters is 1. The fraction of sp³-hybridized carbons (Fsp3) is 0.933. The van der Waals surface area contributed by atoms with E-state index in [0.29, 0.717) is 13.2 Å². The number of nitrogens with zero attached hydrogens (tertiary/aromatic N) is 2. The van der Waals surface area contributed by atoms with Crippen molar-refractivity contribution < 1.29 is 9.53 Å². The van der Waals surface area contributed by atoms with E-state index in [1.807, 2.05) is 6.92 Å². The van der Waals surface area contributed by atoms with E-state index in [2.05, 4.69) is 29.1 Å². The smallest absolute Gasteiger partial charge is 0.320 e. The molecule has 0 aromatic rings. The fourth-order valence-corrected chi connectivity index (χ4v) is 2.70. The van der Waals surface area contributed by atoms with Gasteiger partial charge < -0.3 is 15.0 Å². The lowest BCUT2D eigenvalue weighted by Gasteiger charge is -2.33. The molecule has 0 aromatic carbocycles. The third kappa shape index (κ3) is 7.22. The minimum atomic E-state index is -0.0892. The largest absolute Gasteiger partial charge is 0.465 e. The Bertz CT molecular complexity index is 266. The van der Waals surface area contributed by atoms with Crippen LogP contribution in [0.15, 0.2) is 0 Å². The van der Waals surface area contributed by atoms with Crippen molar-refractivity contribution in [2.75, 3.05) is 59.5 Å². The van der Waals surface area contributed by atoms with Crippen LogP contribution in [0.5, 0.6) is 0 Å². The maximum atomic E-state index is 11.4. The number of hydrogen-bond acceptors (Lipinski definition) is 5. The number of nitrogens with one attached hydrogen (secondary N) is 1. The Balaban J connectivity index is 2.13. The van der Waals surface area contributed by atoms with Crippen molar-refractivity contribution in [1.29, 1.82) is 0 Å². The van der Waals surface area contributed by atoms with Crippen molar-refractivity contribution in [3.63, 3.8) is 0 Å². The predicted molar refractivity (Wildman–Crippen MR) is 81.8 cm³/mol. The lowest BCUT2D eigenvalue weighted by atomic mass is 9.96. The van der Waals surface area contributed by atoms with Crippen molar-refractivity contribution in [3.05, 3.63) is 0 Å². The van der Waals surface area contributed by atoms with Crippen LogP contribution < -0.4 is 5.32 Å². The van der Waals surface area contributed by atoms with Crippen LogP contribution in [0.2, 0.25) is 0 Å². The van der Waals surface area contributed by atoms with E-state index in [1.54, 1.807) is 0 Å². The van der Waals surface area contributed by atoms with Gasteiger partial charge in [-0.05, 0) is 52.4 Å². The van der Waals surface area contributed by atoms with E-state index in [4.69, 9.17) is 4.74 Å². The molecule has 5 nitrogen and oxygen atoms in total. The van der Waals surface area contributed by atoms with Crippen LogP contribution in [0.1, 0.15) is 26.7 Å². The number of piperidine rings is 1. The number of carbonyl (C=O) groups is 1. The van der Waals surface area contributed by atoms with Gasteiger partial charge in [0, 0.05) is 19.6 Å². The number of hydrogen-bond donors (Lipinski definition) is 1. The molecule has 1 aliphatic rings. The molecule has 0 radical (unpaired) electrons. The summed E-state index contributed by atoms with van der Waals surface area (Å²) in [5.74, 6) is 0.675. The Morgan fingerprint density at radius 2 is 2.05 bits per heavy atom. The standard InChI is InChI=1S/C15H31N3O2/c1-4-16-8-11-17(3)12-14-6-9-18(10-7-14)13-15(19)20-5-2/h14,16H,4-13H2,1-3H3. The van der Waals surface area contributed by atoms with E-state index >= 15 is 0 Å². The van der Waals surface area contributed by atoms with Crippen LogP contribution in [0, 0.1) is 5.92 Å². The number of ether oxygens (including phenoxy) is 1. The van der Waals surface area contributed by atoms with E-state index in [0.717, 1.165) is 38.6 Å². The number of carbonyl (C=O) groups excluding carboxylic acids is 1. The summed E-state index contributed by atoms with van der Waals surface area (Å²) in [5.41, 5.74) is 0. The molecule has 0 aliphatic carbocycles.